The zero-order valence-corrected chi connectivity index (χ0v) is 31.2. The number of anilines is 2. The number of rotatable bonds is 16. The zero-order valence-electron chi connectivity index (χ0n) is 29.6. The average molecular weight is 801 g/mol. The first-order valence-corrected chi connectivity index (χ1v) is 18.3. The number of aliphatic imine (C=N–C) groups is 1. The Hall–Kier alpha value is -5.64. The molecule has 292 valence electrons. The van der Waals surface area contributed by atoms with Crippen LogP contribution in [0.4, 0.5) is 20.0 Å². The molecule has 1 aromatic heterocycles. The van der Waals surface area contributed by atoms with E-state index in [1.165, 1.54) is 79.4 Å². The Morgan fingerprint density at radius 2 is 2.04 bits per heavy atom. The number of aliphatic carboxylic acids is 2. The van der Waals surface area contributed by atoms with E-state index in [0.717, 1.165) is 16.2 Å². The largest absolute Gasteiger partial charge is 0.478 e. The maximum Gasteiger partial charge on any atom is 0.414 e. The predicted molar refractivity (Wildman–Crippen MR) is 201 cm³/mol. The maximum absolute atomic E-state index is 15.3. The van der Waals surface area contributed by atoms with Crippen molar-refractivity contribution in [1.82, 2.24) is 20.5 Å². The molecule has 0 radical (unpaired) electrons. The topological polar surface area (TPSA) is 259 Å². The number of nitrogens with two attached hydrogens (primary N) is 1. The molecule has 2 aromatic rings. The molecule has 0 spiro atoms. The highest BCUT2D eigenvalue weighted by Gasteiger charge is 2.54. The number of aromatic nitrogens is 1. The summed E-state index contributed by atoms with van der Waals surface area (Å²) in [5.74, 6) is -4.11. The number of allylic oxidation sites excluding steroid dienone is 3. The van der Waals surface area contributed by atoms with Gasteiger partial charge in [-0.15, -0.1) is 23.1 Å². The quantitative estimate of drug-likeness (QED) is 0.0465. The van der Waals surface area contributed by atoms with Crippen LogP contribution >= 0.6 is 23.1 Å². The fraction of sp³-hybridized carbons (Fsp3) is 0.353. The van der Waals surface area contributed by atoms with E-state index in [4.69, 9.17) is 15.3 Å². The molecule has 0 aliphatic carbocycles. The molecule has 7 N–H and O–H groups in total. The second-order valence-electron chi connectivity index (χ2n) is 12.7. The number of thioether (sulfide) groups is 1. The predicted octanol–water partition coefficient (Wildman–Crippen LogP) is 1.78. The first-order valence-electron chi connectivity index (χ1n) is 16.4. The van der Waals surface area contributed by atoms with Crippen LogP contribution in [-0.2, 0) is 28.8 Å². The number of ether oxygens (including phenoxy) is 1. The van der Waals surface area contributed by atoms with Crippen molar-refractivity contribution in [2.45, 2.75) is 50.1 Å². The Morgan fingerprint density at radius 1 is 1.29 bits per heavy atom. The van der Waals surface area contributed by atoms with Crippen LogP contribution in [0, 0.1) is 5.82 Å². The number of aliphatic hydroxyl groups is 1. The number of carbonyl (C=O) groups excluding carboxylic acids is 3. The summed E-state index contributed by atoms with van der Waals surface area (Å²) in [5, 5.41) is 40.5. The number of carboxylic acid groups (broad SMARTS) is 2. The highest BCUT2D eigenvalue weighted by molar-refractivity contribution is 8.00. The highest BCUT2D eigenvalue weighted by atomic mass is 32.2. The number of hydrogen-bond acceptors (Lipinski definition) is 15. The van der Waals surface area contributed by atoms with Crippen molar-refractivity contribution in [2.24, 2.45) is 10.1 Å². The van der Waals surface area contributed by atoms with Gasteiger partial charge in [-0.3, -0.25) is 29.7 Å². The molecule has 2 saturated heterocycles. The van der Waals surface area contributed by atoms with Gasteiger partial charge in [-0.1, -0.05) is 17.8 Å². The minimum atomic E-state index is -1.77. The van der Waals surface area contributed by atoms with E-state index < -0.39 is 59.1 Å². The number of thiazole rings is 1. The van der Waals surface area contributed by atoms with Gasteiger partial charge in [-0.2, -0.15) is 0 Å². The van der Waals surface area contributed by atoms with Crippen molar-refractivity contribution in [1.29, 1.82) is 0 Å². The van der Waals surface area contributed by atoms with Crippen LogP contribution in [0.15, 0.2) is 63.7 Å². The average Bonchev–Trinajstić information content (AvgIpc) is 3.73. The monoisotopic (exact) mass is 800 g/mol. The lowest BCUT2D eigenvalue weighted by molar-refractivity contribution is -0.161. The van der Waals surface area contributed by atoms with Gasteiger partial charge in [0.1, 0.15) is 40.4 Å². The summed E-state index contributed by atoms with van der Waals surface area (Å²) in [4.78, 5) is 76.7. The van der Waals surface area contributed by atoms with Crippen LogP contribution in [-0.4, -0.2) is 122 Å². The molecule has 3 amide bonds. The molecule has 3 aliphatic rings. The number of nitrogen functional groups attached to an aromatic ring is 1. The molecular formula is C34H37FN8O10S2. The summed E-state index contributed by atoms with van der Waals surface area (Å²) >= 11 is 2.26. The number of oxime groups is 1. The number of hydrogen-bond donors (Lipinski definition) is 6. The number of β-lactam (4-membered cyclic amide) rings is 1. The SMILES string of the molecule is C=C/C(=C\C=NCC1=C(C(=O)O)N2C(=O)[C@@H](NC(O)/C(=N\OC(C)(C)C(=O)O)c3csc(N)n3)C2SC1)c1ccc(N2C[C@H](CNC(C)=O)OC2=O)cc1F. The van der Waals surface area contributed by atoms with E-state index in [0.29, 0.717) is 11.1 Å². The van der Waals surface area contributed by atoms with E-state index in [1.807, 2.05) is 0 Å². The van der Waals surface area contributed by atoms with E-state index in [-0.39, 0.29) is 64.8 Å². The molecule has 3 aliphatic heterocycles. The second kappa shape index (κ2) is 16.8. The molecule has 1 aromatic carbocycles. The molecule has 4 heterocycles. The molecule has 55 heavy (non-hydrogen) atoms. The number of nitrogens with zero attached hydrogens (tertiary/aromatic N) is 5. The normalized spacial score (nSPS) is 20.9. The number of amides is 3. The minimum Gasteiger partial charge on any atom is -0.478 e. The number of aliphatic hydroxyl groups excluding tert-OH is 1. The van der Waals surface area contributed by atoms with Crippen molar-refractivity contribution in [3.8, 4) is 0 Å². The van der Waals surface area contributed by atoms with Crippen LogP contribution in [0.5, 0.6) is 0 Å². The number of benzene rings is 1. The van der Waals surface area contributed by atoms with E-state index in [9.17, 15) is 39.3 Å². The third-order valence-electron chi connectivity index (χ3n) is 8.41. The molecule has 0 bridgehead atoms. The molecule has 21 heteroatoms. The molecular weight excluding hydrogens is 764 g/mol. The standard InChI is InChI=1S/C34H37FN8O10S2/c1-5-17(21-7-6-19(10-22(21)35)42-13-20(52-33(42)51)12-38-16(2)44)8-9-37-11-18-14-54-29-25(28(46)43(29)26(18)30(47)48)40-27(45)24(23-15-55-32(36)39-23)41-53-34(3,4)31(49)50/h5-10,15,20,25,27,29,40,45H,1,11-14H2,2-4H3,(H2,36,39)(H,38,44)(H,47,48)(H,49,50)/b17-8+,37-9?,41-24-/t20-,25+,27?,29?/m0/s1. The molecule has 5 rings (SSSR count). The number of carboxylic acids is 2. The van der Waals surface area contributed by atoms with Crippen LogP contribution in [0.1, 0.15) is 32.0 Å². The van der Waals surface area contributed by atoms with Crippen molar-refractivity contribution >= 4 is 81.3 Å². The van der Waals surface area contributed by atoms with Crippen molar-refractivity contribution in [3.63, 3.8) is 0 Å². The zero-order chi connectivity index (χ0) is 40.2. The molecule has 4 atom stereocenters. The lowest BCUT2D eigenvalue weighted by Crippen LogP contribution is -2.71. The molecule has 2 fully saturated rings. The van der Waals surface area contributed by atoms with Gasteiger partial charge in [0, 0.05) is 29.8 Å². The lowest BCUT2D eigenvalue weighted by atomic mass is 10.0. The Morgan fingerprint density at radius 3 is 2.65 bits per heavy atom. The van der Waals surface area contributed by atoms with Gasteiger partial charge in [0.15, 0.2) is 11.4 Å². The van der Waals surface area contributed by atoms with E-state index in [2.05, 4.69) is 32.3 Å². The lowest BCUT2D eigenvalue weighted by Gasteiger charge is -2.50. The van der Waals surface area contributed by atoms with Crippen LogP contribution in [0.2, 0.25) is 0 Å². The summed E-state index contributed by atoms with van der Waals surface area (Å²) in [6.45, 7) is 7.70. The molecule has 0 saturated carbocycles. The highest BCUT2D eigenvalue weighted by Crippen LogP contribution is 2.40. The van der Waals surface area contributed by atoms with Gasteiger partial charge >= 0.3 is 18.0 Å². The van der Waals surface area contributed by atoms with Crippen molar-refractivity contribution < 1.29 is 53.3 Å². The van der Waals surface area contributed by atoms with Gasteiger partial charge in [-0.25, -0.2) is 23.8 Å². The van der Waals surface area contributed by atoms with E-state index >= 15 is 4.39 Å². The molecule has 2 unspecified atom stereocenters. The Kier molecular flexibility index (Phi) is 12.4. The van der Waals surface area contributed by atoms with Crippen LogP contribution in [0.3, 0.4) is 0 Å². The minimum absolute atomic E-state index is 0.0752. The number of fused-ring (bicyclic) bond motifs is 1. The first kappa shape index (κ1) is 40.5. The number of halogens is 1. The molecule has 18 nitrogen and oxygen atoms in total. The third-order valence-corrected chi connectivity index (χ3v) is 10.4. The third kappa shape index (κ3) is 9.02. The first-order chi connectivity index (χ1) is 26.0. The Labute approximate surface area is 321 Å². The Bertz CT molecular complexity index is 2030. The summed E-state index contributed by atoms with van der Waals surface area (Å²) < 4.78 is 20.5. The van der Waals surface area contributed by atoms with Crippen LogP contribution in [0.25, 0.3) is 5.57 Å². The number of nitrogens with one attached hydrogen (secondary N) is 2. The Balaban J connectivity index is 1.26. The maximum atomic E-state index is 15.3. The van der Waals surface area contributed by atoms with Gasteiger partial charge < -0.3 is 35.9 Å². The second-order valence-corrected chi connectivity index (χ2v) is 14.7. The summed E-state index contributed by atoms with van der Waals surface area (Å²) in [5.41, 5.74) is 4.62. The van der Waals surface area contributed by atoms with Gasteiger partial charge in [-0.05, 0) is 49.3 Å². The fourth-order valence-electron chi connectivity index (χ4n) is 5.48. The fourth-order valence-corrected chi connectivity index (χ4v) is 7.39. The van der Waals surface area contributed by atoms with E-state index in [1.54, 1.807) is 0 Å². The van der Waals surface area contributed by atoms with Gasteiger partial charge in [0.05, 0.1) is 25.3 Å². The van der Waals surface area contributed by atoms with Gasteiger partial charge in [0.25, 0.3) is 0 Å². The number of cyclic esters (lactones) is 1. The summed E-state index contributed by atoms with van der Waals surface area (Å²) in [7, 11) is 0. The smallest absolute Gasteiger partial charge is 0.414 e. The van der Waals surface area contributed by atoms with Crippen molar-refractivity contribution in [2.75, 3.05) is 36.0 Å². The summed E-state index contributed by atoms with van der Waals surface area (Å²) in [6.07, 6.45) is 1.28. The number of carbonyl (C=O) groups is 5. The van der Waals surface area contributed by atoms with Crippen LogP contribution < -0.4 is 21.3 Å². The van der Waals surface area contributed by atoms with Crippen molar-refractivity contribution in [3.05, 3.63) is 70.7 Å². The summed E-state index contributed by atoms with van der Waals surface area (Å²) in [6, 6.07) is 3.11. The van der Waals surface area contributed by atoms with Gasteiger partial charge in [0.2, 0.25) is 17.4 Å².